The van der Waals surface area contributed by atoms with Crippen molar-refractivity contribution in [3.8, 4) is 16.9 Å². The van der Waals surface area contributed by atoms with Crippen molar-refractivity contribution in [3.05, 3.63) is 150 Å². The number of ether oxygens (including phenoxy) is 1. The number of benzene rings is 4. The van der Waals surface area contributed by atoms with Crippen LogP contribution in [0.25, 0.3) is 22.0 Å². The zero-order chi connectivity index (χ0) is 27.0. The summed E-state index contributed by atoms with van der Waals surface area (Å²) in [4.78, 5) is 7.08. The van der Waals surface area contributed by atoms with Gasteiger partial charge in [0.25, 0.3) is 0 Å². The van der Waals surface area contributed by atoms with Crippen molar-refractivity contribution in [3.63, 3.8) is 0 Å². The largest absolute Gasteiger partial charge is 0.496 e. The highest BCUT2D eigenvalue weighted by atomic mass is 19.4. The number of hydrogen-bond donors (Lipinski definition) is 2. The van der Waals surface area contributed by atoms with Crippen LogP contribution in [0.3, 0.4) is 0 Å². The number of halogens is 3. The third kappa shape index (κ3) is 4.00. The van der Waals surface area contributed by atoms with Crippen molar-refractivity contribution in [1.29, 1.82) is 0 Å². The number of fused-ring (bicyclic) bond motifs is 1. The van der Waals surface area contributed by atoms with E-state index in [0.29, 0.717) is 11.3 Å². The summed E-state index contributed by atoms with van der Waals surface area (Å²) >= 11 is 0. The first kappa shape index (κ1) is 24.6. The Kier molecular flexibility index (Phi) is 6.03. The number of H-pyrrole nitrogens is 2. The smallest absolute Gasteiger partial charge is 0.416 e. The van der Waals surface area contributed by atoms with Crippen LogP contribution in [0.15, 0.2) is 121 Å². The molecule has 1 atom stereocenters. The Morgan fingerprint density at radius 2 is 1.33 bits per heavy atom. The predicted molar refractivity (Wildman–Crippen MR) is 148 cm³/mol. The van der Waals surface area contributed by atoms with Gasteiger partial charge in [0.15, 0.2) is 0 Å². The molecular weight excluding hydrogens is 497 g/mol. The monoisotopic (exact) mass is 522 g/mol. The molecule has 2 heterocycles. The number of alkyl halides is 3. The maximum atomic E-state index is 13.6. The van der Waals surface area contributed by atoms with Crippen LogP contribution in [0.4, 0.5) is 13.2 Å². The van der Waals surface area contributed by atoms with Gasteiger partial charge in [0.2, 0.25) is 0 Å². The summed E-state index contributed by atoms with van der Waals surface area (Å²) < 4.78 is 46.8. The highest BCUT2D eigenvalue weighted by Crippen LogP contribution is 2.52. The van der Waals surface area contributed by atoms with E-state index in [4.69, 9.17) is 4.74 Å². The van der Waals surface area contributed by atoms with E-state index in [2.05, 4.69) is 16.0 Å². The number of methoxy groups -OCH3 is 1. The fourth-order valence-corrected chi connectivity index (χ4v) is 5.62. The summed E-state index contributed by atoms with van der Waals surface area (Å²) in [6, 6.07) is 35.0. The molecule has 0 spiro atoms. The Morgan fingerprint density at radius 1 is 0.667 bits per heavy atom. The molecule has 0 amide bonds. The van der Waals surface area contributed by atoms with Crippen molar-refractivity contribution >= 4 is 10.9 Å². The first-order valence-corrected chi connectivity index (χ1v) is 12.6. The van der Waals surface area contributed by atoms with E-state index in [0.717, 1.165) is 51.1 Å². The van der Waals surface area contributed by atoms with Gasteiger partial charge in [-0.2, -0.15) is 13.2 Å². The van der Waals surface area contributed by atoms with Crippen molar-refractivity contribution in [1.82, 2.24) is 9.97 Å². The van der Waals surface area contributed by atoms with E-state index in [1.54, 1.807) is 19.2 Å². The van der Waals surface area contributed by atoms with Gasteiger partial charge in [-0.1, -0.05) is 78.9 Å². The van der Waals surface area contributed by atoms with E-state index in [1.165, 1.54) is 0 Å². The van der Waals surface area contributed by atoms with E-state index >= 15 is 0 Å². The summed E-state index contributed by atoms with van der Waals surface area (Å²) in [6.07, 6.45) is -2.62. The molecule has 2 N–H and O–H groups in total. The van der Waals surface area contributed by atoms with Crippen LogP contribution in [0.2, 0.25) is 0 Å². The fourth-order valence-electron chi connectivity index (χ4n) is 5.62. The topological polar surface area (TPSA) is 40.8 Å². The molecule has 6 heteroatoms. The third-order valence-corrected chi connectivity index (χ3v) is 7.30. The van der Waals surface area contributed by atoms with Gasteiger partial charge in [0.1, 0.15) is 11.2 Å². The van der Waals surface area contributed by atoms with Crippen molar-refractivity contribution < 1.29 is 17.9 Å². The van der Waals surface area contributed by atoms with Gasteiger partial charge in [0.05, 0.1) is 12.7 Å². The molecule has 0 aliphatic carbocycles. The molecule has 6 rings (SSSR count). The molecule has 0 aliphatic rings. The number of hydrogen-bond acceptors (Lipinski definition) is 1. The summed E-state index contributed by atoms with van der Waals surface area (Å²) in [5.41, 5.74) is 4.15. The maximum Gasteiger partial charge on any atom is 0.416 e. The van der Waals surface area contributed by atoms with Crippen LogP contribution in [0.1, 0.15) is 28.1 Å². The first-order chi connectivity index (χ1) is 18.9. The summed E-state index contributed by atoms with van der Waals surface area (Å²) in [5, 5.41) is 1.01. The van der Waals surface area contributed by atoms with Crippen LogP contribution >= 0.6 is 0 Å². The molecule has 0 saturated carbocycles. The van der Waals surface area contributed by atoms with Crippen molar-refractivity contribution in [2.75, 3.05) is 7.11 Å². The zero-order valence-corrected chi connectivity index (χ0v) is 21.1. The van der Waals surface area contributed by atoms with Gasteiger partial charge in [-0.3, -0.25) is 0 Å². The molecule has 39 heavy (non-hydrogen) atoms. The number of nitrogens with one attached hydrogen (secondary N) is 2. The normalized spacial score (nSPS) is 13.3. The average Bonchev–Trinajstić information content (AvgIpc) is 3.63. The van der Waals surface area contributed by atoms with Gasteiger partial charge < -0.3 is 14.7 Å². The molecular formula is C33H25F3N2O. The van der Waals surface area contributed by atoms with E-state index < -0.39 is 17.2 Å². The lowest BCUT2D eigenvalue weighted by atomic mass is 9.67. The lowest BCUT2D eigenvalue weighted by Gasteiger charge is -2.36. The van der Waals surface area contributed by atoms with E-state index in [1.807, 2.05) is 91.1 Å². The average molecular weight is 523 g/mol. The minimum atomic E-state index is -4.45. The molecule has 0 bridgehead atoms. The number of aromatic nitrogens is 2. The second-order valence-corrected chi connectivity index (χ2v) is 9.40. The lowest BCUT2D eigenvalue weighted by Crippen LogP contribution is -2.33. The summed E-state index contributed by atoms with van der Waals surface area (Å²) in [6.45, 7) is 0. The Morgan fingerprint density at radius 3 is 2.03 bits per heavy atom. The lowest BCUT2D eigenvalue weighted by molar-refractivity contribution is -0.137. The molecule has 3 nitrogen and oxygen atoms in total. The van der Waals surface area contributed by atoms with E-state index in [9.17, 15) is 13.2 Å². The van der Waals surface area contributed by atoms with Crippen LogP contribution < -0.4 is 4.74 Å². The van der Waals surface area contributed by atoms with Crippen LogP contribution in [-0.2, 0) is 11.6 Å². The second-order valence-electron chi connectivity index (χ2n) is 9.40. The SMILES string of the molecule is COc1ccccc1C(c1ccc(C(F)(F)F)cc1)(c1ccc[nH]1)c1[nH]c2ccccc2c1-c1ccccc1. The molecule has 2 aromatic heterocycles. The quantitative estimate of drug-likeness (QED) is 0.226. The third-order valence-electron chi connectivity index (χ3n) is 7.30. The minimum absolute atomic E-state index is 0.615. The Labute approximate surface area is 223 Å². The molecule has 0 radical (unpaired) electrons. The fraction of sp³-hybridized carbons (Fsp3) is 0.0909. The predicted octanol–water partition coefficient (Wildman–Crippen LogP) is 8.57. The highest BCUT2D eigenvalue weighted by molar-refractivity contribution is 5.99. The summed E-state index contributed by atoms with van der Waals surface area (Å²) in [7, 11) is 1.61. The van der Waals surface area contributed by atoms with Gasteiger partial charge in [-0.15, -0.1) is 0 Å². The molecule has 194 valence electrons. The van der Waals surface area contributed by atoms with Crippen LogP contribution in [-0.4, -0.2) is 17.1 Å². The van der Waals surface area contributed by atoms with Crippen molar-refractivity contribution in [2.24, 2.45) is 0 Å². The van der Waals surface area contributed by atoms with Gasteiger partial charge in [0, 0.05) is 39.6 Å². The first-order valence-electron chi connectivity index (χ1n) is 12.6. The Bertz CT molecular complexity index is 1720. The van der Waals surface area contributed by atoms with Gasteiger partial charge in [-0.05, 0) is 47.5 Å². The molecule has 0 saturated heterocycles. The Balaban J connectivity index is 1.81. The highest BCUT2D eigenvalue weighted by Gasteiger charge is 2.45. The number of rotatable bonds is 6. The molecule has 4 aromatic carbocycles. The van der Waals surface area contributed by atoms with Gasteiger partial charge >= 0.3 is 6.18 Å². The molecule has 0 fully saturated rings. The summed E-state index contributed by atoms with van der Waals surface area (Å²) in [5.74, 6) is 0.615. The molecule has 6 aromatic rings. The standard InChI is InChI=1S/C33H25F3N2O/c1-39-28-15-8-6-13-26(28)32(29-16-9-21-37-29,23-17-19-24(20-18-23)33(34,35)36)31-30(22-10-3-2-4-11-22)25-12-5-7-14-27(25)38-31/h2-21,37-38H,1H3. The van der Waals surface area contributed by atoms with Crippen LogP contribution in [0.5, 0.6) is 5.75 Å². The zero-order valence-electron chi connectivity index (χ0n) is 21.1. The van der Waals surface area contributed by atoms with E-state index in [-0.39, 0.29) is 0 Å². The number of aromatic amines is 2. The maximum absolute atomic E-state index is 13.6. The minimum Gasteiger partial charge on any atom is -0.496 e. The van der Waals surface area contributed by atoms with Crippen LogP contribution in [0, 0.1) is 0 Å². The molecule has 0 aliphatic heterocycles. The Hall–Kier alpha value is -4.71. The van der Waals surface area contributed by atoms with Crippen molar-refractivity contribution in [2.45, 2.75) is 11.6 Å². The second kappa shape index (κ2) is 9.55. The molecule has 1 unspecified atom stereocenters. The number of para-hydroxylation sites is 2. The van der Waals surface area contributed by atoms with Gasteiger partial charge in [-0.25, -0.2) is 0 Å².